The van der Waals surface area contributed by atoms with Crippen LogP contribution >= 0.6 is 24.0 Å². The molecule has 10 heteroatoms. The molecule has 3 rings (SSSR count). The van der Waals surface area contributed by atoms with Gasteiger partial charge in [-0.3, -0.25) is 0 Å². The minimum Gasteiger partial charge on any atom is -0.497 e. The average molecular weight is 568 g/mol. The Bertz CT molecular complexity index is 712. The van der Waals surface area contributed by atoms with Crippen molar-refractivity contribution in [3.05, 3.63) is 23.8 Å². The highest BCUT2D eigenvalue weighted by Gasteiger charge is 2.24. The molecule has 2 saturated heterocycles. The molecule has 0 radical (unpaired) electrons. The molecule has 0 spiro atoms. The van der Waals surface area contributed by atoms with Crippen molar-refractivity contribution < 1.29 is 23.0 Å². The van der Waals surface area contributed by atoms with Crippen molar-refractivity contribution in [3.8, 4) is 11.5 Å². The van der Waals surface area contributed by atoms with Gasteiger partial charge in [0.2, 0.25) is 0 Å². The van der Waals surface area contributed by atoms with E-state index in [4.69, 9.17) is 9.47 Å². The summed E-state index contributed by atoms with van der Waals surface area (Å²) in [5.74, 6) is 1.89. The van der Waals surface area contributed by atoms with Crippen LogP contribution in [-0.2, 0) is 11.3 Å². The minimum atomic E-state index is -2.90. The van der Waals surface area contributed by atoms with Gasteiger partial charge in [0, 0.05) is 50.5 Å². The number of piperidine rings is 1. The van der Waals surface area contributed by atoms with Crippen LogP contribution in [0.4, 0.5) is 8.78 Å². The van der Waals surface area contributed by atoms with Gasteiger partial charge in [-0.15, -0.1) is 24.0 Å². The van der Waals surface area contributed by atoms with Gasteiger partial charge in [0.05, 0.1) is 20.3 Å². The molecular weight excluding hydrogens is 533 g/mol. The molecule has 182 valence electrons. The van der Waals surface area contributed by atoms with E-state index >= 15 is 0 Å². The number of likely N-dealkylation sites (tertiary alicyclic amines) is 1. The van der Waals surface area contributed by atoms with E-state index < -0.39 is 6.61 Å². The molecule has 0 amide bonds. The highest BCUT2D eigenvalue weighted by atomic mass is 127. The smallest absolute Gasteiger partial charge is 0.387 e. The number of rotatable bonds is 9. The molecule has 7 nitrogen and oxygen atoms in total. The van der Waals surface area contributed by atoms with Gasteiger partial charge in [0.1, 0.15) is 11.5 Å². The predicted molar refractivity (Wildman–Crippen MR) is 131 cm³/mol. The molecule has 2 N–H and O–H groups in total. The van der Waals surface area contributed by atoms with E-state index in [1.165, 1.54) is 13.2 Å². The number of guanidine groups is 1. The lowest BCUT2D eigenvalue weighted by atomic mass is 10.0. The number of halogens is 3. The van der Waals surface area contributed by atoms with E-state index in [9.17, 15) is 8.78 Å². The fourth-order valence-corrected chi connectivity index (χ4v) is 4.03. The third-order valence-electron chi connectivity index (χ3n) is 5.71. The van der Waals surface area contributed by atoms with Crippen molar-refractivity contribution >= 4 is 29.9 Å². The highest BCUT2D eigenvalue weighted by Crippen LogP contribution is 2.27. The molecule has 1 atom stereocenters. The zero-order valence-electron chi connectivity index (χ0n) is 18.8. The van der Waals surface area contributed by atoms with Crippen molar-refractivity contribution in [2.75, 3.05) is 46.5 Å². The van der Waals surface area contributed by atoms with Crippen LogP contribution in [0.25, 0.3) is 0 Å². The second-order valence-corrected chi connectivity index (χ2v) is 8.00. The minimum absolute atomic E-state index is 0. The van der Waals surface area contributed by atoms with Gasteiger partial charge in [-0.2, -0.15) is 8.78 Å². The number of benzene rings is 1. The molecule has 0 aliphatic carbocycles. The summed E-state index contributed by atoms with van der Waals surface area (Å²) in [6, 6.07) is 5.22. The normalized spacial score (nSPS) is 20.2. The van der Waals surface area contributed by atoms with Crippen molar-refractivity contribution in [1.82, 2.24) is 15.5 Å². The summed E-state index contributed by atoms with van der Waals surface area (Å²) < 4.78 is 40.8. The molecule has 0 saturated carbocycles. The first-order chi connectivity index (χ1) is 15.1. The Balaban J connectivity index is 0.00000363. The van der Waals surface area contributed by atoms with E-state index in [2.05, 4.69) is 25.3 Å². The Labute approximate surface area is 206 Å². The summed E-state index contributed by atoms with van der Waals surface area (Å²) in [6.45, 7) is 5.05. The van der Waals surface area contributed by atoms with Gasteiger partial charge in [-0.05, 0) is 44.2 Å². The number of alkyl halides is 2. The second kappa shape index (κ2) is 14.0. The first kappa shape index (κ1) is 26.8. The van der Waals surface area contributed by atoms with E-state index in [-0.39, 0.29) is 36.3 Å². The quantitative estimate of drug-likeness (QED) is 0.270. The van der Waals surface area contributed by atoms with Gasteiger partial charge >= 0.3 is 6.61 Å². The maximum absolute atomic E-state index is 12.8. The van der Waals surface area contributed by atoms with Crippen LogP contribution < -0.4 is 20.1 Å². The fraction of sp³-hybridized carbons (Fsp3) is 0.682. The molecule has 1 unspecified atom stereocenters. The third kappa shape index (κ3) is 8.51. The number of ether oxygens (including phenoxy) is 3. The number of nitrogens with one attached hydrogen (secondary N) is 2. The lowest BCUT2D eigenvalue weighted by Gasteiger charge is -2.34. The lowest BCUT2D eigenvalue weighted by Crippen LogP contribution is -2.49. The maximum Gasteiger partial charge on any atom is 0.387 e. The van der Waals surface area contributed by atoms with Crippen molar-refractivity contribution in [3.63, 3.8) is 0 Å². The van der Waals surface area contributed by atoms with Crippen molar-refractivity contribution in [1.29, 1.82) is 0 Å². The van der Waals surface area contributed by atoms with Crippen LogP contribution in [0, 0.1) is 5.92 Å². The maximum atomic E-state index is 12.8. The zero-order valence-corrected chi connectivity index (χ0v) is 21.1. The molecule has 2 aliphatic rings. The van der Waals surface area contributed by atoms with Gasteiger partial charge in [0.25, 0.3) is 0 Å². The highest BCUT2D eigenvalue weighted by molar-refractivity contribution is 14.0. The van der Waals surface area contributed by atoms with Crippen LogP contribution in [0.1, 0.15) is 31.7 Å². The Morgan fingerprint density at radius 3 is 2.69 bits per heavy atom. The van der Waals surface area contributed by atoms with E-state index in [0.717, 1.165) is 58.7 Å². The Hall–Kier alpha value is -1.40. The number of methoxy groups -OCH3 is 1. The van der Waals surface area contributed by atoms with Crippen molar-refractivity contribution in [2.24, 2.45) is 10.9 Å². The molecule has 2 aliphatic heterocycles. The van der Waals surface area contributed by atoms with E-state index in [1.54, 1.807) is 12.1 Å². The zero-order chi connectivity index (χ0) is 22.1. The molecule has 1 aromatic carbocycles. The summed E-state index contributed by atoms with van der Waals surface area (Å²) in [6.07, 6.45) is 3.25. The largest absolute Gasteiger partial charge is 0.497 e. The Kier molecular flexibility index (Phi) is 11.7. The van der Waals surface area contributed by atoms with Crippen LogP contribution in [0.5, 0.6) is 11.5 Å². The average Bonchev–Trinajstić information content (AvgIpc) is 3.27. The van der Waals surface area contributed by atoms with Crippen LogP contribution in [0.2, 0.25) is 0 Å². The van der Waals surface area contributed by atoms with Crippen LogP contribution in [0.15, 0.2) is 23.2 Å². The third-order valence-corrected chi connectivity index (χ3v) is 5.71. The topological polar surface area (TPSA) is 67.4 Å². The molecule has 1 aromatic rings. The number of nitrogens with zero attached hydrogens (tertiary/aromatic N) is 2. The van der Waals surface area contributed by atoms with E-state index in [0.29, 0.717) is 29.2 Å². The molecule has 0 bridgehead atoms. The van der Waals surface area contributed by atoms with Crippen LogP contribution in [-0.4, -0.2) is 70.0 Å². The van der Waals surface area contributed by atoms with Gasteiger partial charge < -0.3 is 29.7 Å². The molecule has 32 heavy (non-hydrogen) atoms. The first-order valence-electron chi connectivity index (χ1n) is 11.0. The number of aliphatic imine (C=N–C) groups is 1. The van der Waals surface area contributed by atoms with Crippen LogP contribution in [0.3, 0.4) is 0 Å². The van der Waals surface area contributed by atoms with Crippen molar-refractivity contribution in [2.45, 2.75) is 45.4 Å². The summed E-state index contributed by atoms with van der Waals surface area (Å²) in [5, 5.41) is 6.75. The molecule has 0 aromatic heterocycles. The summed E-state index contributed by atoms with van der Waals surface area (Å²) in [5.41, 5.74) is 0.576. The SMILES string of the molecule is CCNC(=NCc1ccc(OC)cc1OC(F)F)NC1CCN(CC2CCOC2)CC1.I. The number of hydrogen-bond donors (Lipinski definition) is 2. The molecule has 2 heterocycles. The van der Waals surface area contributed by atoms with Gasteiger partial charge in [-0.1, -0.05) is 0 Å². The standard InChI is InChI=1S/C22H34F2N4O3.HI/c1-3-25-22(26-13-17-4-5-19(29-2)12-20(17)31-21(23)24)27-18-6-9-28(10-7-18)14-16-8-11-30-15-16;/h4-5,12,16,18,21H,3,6-11,13-15H2,1-2H3,(H2,25,26,27);1H. The molecular formula is C22H35F2IN4O3. The fourth-order valence-electron chi connectivity index (χ4n) is 4.03. The lowest BCUT2D eigenvalue weighted by molar-refractivity contribution is -0.0505. The van der Waals surface area contributed by atoms with Gasteiger partial charge in [-0.25, -0.2) is 4.99 Å². The summed E-state index contributed by atoms with van der Waals surface area (Å²) >= 11 is 0. The summed E-state index contributed by atoms with van der Waals surface area (Å²) in [7, 11) is 1.49. The Morgan fingerprint density at radius 1 is 1.28 bits per heavy atom. The second-order valence-electron chi connectivity index (χ2n) is 8.00. The predicted octanol–water partition coefficient (Wildman–Crippen LogP) is 3.47. The summed E-state index contributed by atoms with van der Waals surface area (Å²) in [4.78, 5) is 7.12. The first-order valence-corrected chi connectivity index (χ1v) is 11.0. The number of hydrogen-bond acceptors (Lipinski definition) is 5. The van der Waals surface area contributed by atoms with E-state index in [1.807, 2.05) is 6.92 Å². The Morgan fingerprint density at radius 2 is 2.06 bits per heavy atom. The monoisotopic (exact) mass is 568 g/mol. The molecule has 2 fully saturated rings. The van der Waals surface area contributed by atoms with Gasteiger partial charge in [0.15, 0.2) is 5.96 Å².